The first-order valence-corrected chi connectivity index (χ1v) is 9.84. The number of hydrogen-bond donors (Lipinski definition) is 0. The van der Waals surface area contributed by atoms with Crippen LogP contribution in [0.5, 0.6) is 0 Å². The van der Waals surface area contributed by atoms with Crippen LogP contribution in [0.2, 0.25) is 0 Å². The number of carbonyl (C=O) groups is 1. The van der Waals surface area contributed by atoms with Crippen molar-refractivity contribution in [2.75, 3.05) is 0 Å². The molecule has 1 heteroatoms. The Kier molecular flexibility index (Phi) is 3.18. The summed E-state index contributed by atoms with van der Waals surface area (Å²) in [6.07, 6.45) is 11.7. The second kappa shape index (κ2) is 4.61. The van der Waals surface area contributed by atoms with Gasteiger partial charge in [-0.25, -0.2) is 0 Å². The smallest absolute Gasteiger partial charge is 0.139 e. The lowest BCUT2D eigenvalue weighted by atomic mass is 9.39. The quantitative estimate of drug-likeness (QED) is 0.567. The van der Waals surface area contributed by atoms with Crippen molar-refractivity contribution in [3.63, 3.8) is 0 Å². The van der Waals surface area contributed by atoms with E-state index < -0.39 is 0 Å². The van der Waals surface area contributed by atoms with Crippen molar-refractivity contribution in [2.24, 2.45) is 39.9 Å². The Morgan fingerprint density at radius 3 is 2.36 bits per heavy atom. The summed E-state index contributed by atoms with van der Waals surface area (Å²) in [4.78, 5) is 12.6. The summed E-state index contributed by atoms with van der Waals surface area (Å²) in [6, 6.07) is 0. The Morgan fingerprint density at radius 2 is 1.59 bits per heavy atom. The molecular weight excluding hydrogens is 268 g/mol. The van der Waals surface area contributed by atoms with E-state index in [0.717, 1.165) is 24.2 Å². The third-order valence-electron chi connectivity index (χ3n) is 9.23. The third-order valence-corrected chi connectivity index (χ3v) is 9.23. The zero-order valence-corrected chi connectivity index (χ0v) is 15.1. The molecule has 4 fully saturated rings. The molecule has 0 aromatic carbocycles. The average Bonchev–Trinajstić information content (AvgIpc) is 2.77. The summed E-state index contributed by atoms with van der Waals surface area (Å²) in [7, 11) is 0. The fourth-order valence-corrected chi connectivity index (χ4v) is 7.92. The highest BCUT2D eigenvalue weighted by molar-refractivity contribution is 5.87. The minimum atomic E-state index is 0.0242. The molecule has 1 nitrogen and oxygen atoms in total. The maximum absolute atomic E-state index is 12.6. The molecule has 0 amide bonds. The van der Waals surface area contributed by atoms with Gasteiger partial charge < -0.3 is 0 Å². The molecule has 0 saturated heterocycles. The van der Waals surface area contributed by atoms with E-state index in [9.17, 15) is 4.79 Å². The average molecular weight is 303 g/mol. The maximum atomic E-state index is 12.6. The molecule has 0 aliphatic heterocycles. The molecule has 7 atom stereocenters. The van der Waals surface area contributed by atoms with E-state index in [4.69, 9.17) is 0 Å². The van der Waals surface area contributed by atoms with Crippen LogP contribution < -0.4 is 0 Å². The molecule has 0 radical (unpaired) electrons. The van der Waals surface area contributed by atoms with E-state index in [1.54, 1.807) is 0 Å². The molecule has 0 heterocycles. The minimum Gasteiger partial charge on any atom is -0.299 e. The lowest BCUT2D eigenvalue weighted by Crippen LogP contribution is -2.58. The summed E-state index contributed by atoms with van der Waals surface area (Å²) in [5.41, 5.74) is 1.02. The first-order chi connectivity index (χ1) is 10.3. The van der Waals surface area contributed by atoms with Crippen molar-refractivity contribution < 1.29 is 4.79 Å². The Hall–Kier alpha value is -0.330. The molecule has 0 N–H and O–H groups in total. The normalized spacial score (nSPS) is 57.9. The summed E-state index contributed by atoms with van der Waals surface area (Å²) in [6.45, 7) is 9.98. The second-order valence-electron chi connectivity index (χ2n) is 10.1. The van der Waals surface area contributed by atoms with Gasteiger partial charge in [-0.15, -0.1) is 0 Å². The summed E-state index contributed by atoms with van der Waals surface area (Å²) in [5, 5.41) is 0. The first kappa shape index (κ1) is 15.2. The molecule has 124 valence electrons. The first-order valence-electron chi connectivity index (χ1n) is 9.84. The van der Waals surface area contributed by atoms with Crippen LogP contribution in [0.25, 0.3) is 0 Å². The van der Waals surface area contributed by atoms with Gasteiger partial charge in [-0.05, 0) is 79.4 Å². The maximum Gasteiger partial charge on any atom is 0.139 e. The number of hydrogen-bond acceptors (Lipinski definition) is 1. The highest BCUT2D eigenvalue weighted by Crippen LogP contribution is 2.70. The SMILES string of the molecule is CC1CCC2(C)C(CCC3(C)C4CCC(=O)C4(C)CCC23)C1. The van der Waals surface area contributed by atoms with Crippen LogP contribution in [0.15, 0.2) is 0 Å². The van der Waals surface area contributed by atoms with Crippen LogP contribution in [0.1, 0.15) is 85.5 Å². The molecule has 7 unspecified atom stereocenters. The van der Waals surface area contributed by atoms with Crippen molar-refractivity contribution in [1.29, 1.82) is 0 Å². The highest BCUT2D eigenvalue weighted by atomic mass is 16.1. The van der Waals surface area contributed by atoms with E-state index >= 15 is 0 Å². The summed E-state index contributed by atoms with van der Waals surface area (Å²) >= 11 is 0. The summed E-state index contributed by atoms with van der Waals surface area (Å²) in [5.74, 6) is 4.01. The molecule has 0 aromatic rings. The van der Waals surface area contributed by atoms with E-state index in [0.29, 0.717) is 22.5 Å². The van der Waals surface area contributed by atoms with Crippen molar-refractivity contribution >= 4 is 5.78 Å². The van der Waals surface area contributed by atoms with Gasteiger partial charge in [0.1, 0.15) is 5.78 Å². The van der Waals surface area contributed by atoms with Crippen LogP contribution in [-0.4, -0.2) is 5.78 Å². The number of ketones is 1. The summed E-state index contributed by atoms with van der Waals surface area (Å²) < 4.78 is 0. The molecule has 0 aromatic heterocycles. The van der Waals surface area contributed by atoms with E-state index in [1.807, 2.05) is 0 Å². The van der Waals surface area contributed by atoms with Gasteiger partial charge in [0, 0.05) is 11.8 Å². The number of carbonyl (C=O) groups excluding carboxylic acids is 1. The molecule has 22 heavy (non-hydrogen) atoms. The molecule has 0 spiro atoms. The Morgan fingerprint density at radius 1 is 0.864 bits per heavy atom. The van der Waals surface area contributed by atoms with Gasteiger partial charge in [0.15, 0.2) is 0 Å². The Balaban J connectivity index is 1.71. The predicted molar refractivity (Wildman–Crippen MR) is 90.5 cm³/mol. The molecule has 4 rings (SSSR count). The number of Topliss-reactive ketones (excluding diaryl/α,β-unsaturated/α-hetero) is 1. The van der Waals surface area contributed by atoms with Crippen LogP contribution in [0.3, 0.4) is 0 Å². The van der Waals surface area contributed by atoms with Crippen molar-refractivity contribution in [3.05, 3.63) is 0 Å². The van der Waals surface area contributed by atoms with E-state index in [-0.39, 0.29) is 5.41 Å². The number of rotatable bonds is 0. The fourth-order valence-electron chi connectivity index (χ4n) is 7.92. The van der Waals surface area contributed by atoms with Gasteiger partial charge in [-0.2, -0.15) is 0 Å². The van der Waals surface area contributed by atoms with Crippen molar-refractivity contribution in [1.82, 2.24) is 0 Å². The van der Waals surface area contributed by atoms with Gasteiger partial charge in [0.05, 0.1) is 0 Å². The largest absolute Gasteiger partial charge is 0.299 e. The van der Waals surface area contributed by atoms with Gasteiger partial charge in [-0.1, -0.05) is 34.1 Å². The molecular formula is C21H34O. The molecule has 4 saturated carbocycles. The van der Waals surface area contributed by atoms with Crippen LogP contribution >= 0.6 is 0 Å². The fraction of sp³-hybridized carbons (Fsp3) is 0.952. The topological polar surface area (TPSA) is 17.1 Å². The van der Waals surface area contributed by atoms with Gasteiger partial charge in [-0.3, -0.25) is 4.79 Å². The lowest BCUT2D eigenvalue weighted by molar-refractivity contribution is -0.168. The predicted octanol–water partition coefficient (Wildman–Crippen LogP) is 5.62. The van der Waals surface area contributed by atoms with E-state index in [1.165, 1.54) is 51.4 Å². The number of fused-ring (bicyclic) bond motifs is 5. The second-order valence-corrected chi connectivity index (χ2v) is 10.1. The standard InChI is InChI=1S/C21H34O/c1-14-7-10-19(2)15(13-14)8-11-20(3)16-5-6-18(22)21(16,4)12-9-17(19)20/h14-17H,5-13H2,1-4H3. The van der Waals surface area contributed by atoms with Gasteiger partial charge in [0.25, 0.3) is 0 Å². The van der Waals surface area contributed by atoms with E-state index in [2.05, 4.69) is 27.7 Å². The Bertz CT molecular complexity index is 496. The third kappa shape index (κ3) is 1.75. The minimum absolute atomic E-state index is 0.0242. The highest BCUT2D eigenvalue weighted by Gasteiger charge is 2.64. The zero-order valence-electron chi connectivity index (χ0n) is 15.1. The molecule has 4 aliphatic rings. The van der Waals surface area contributed by atoms with Crippen LogP contribution in [0, 0.1) is 39.9 Å². The molecule has 0 bridgehead atoms. The molecule has 4 aliphatic carbocycles. The van der Waals surface area contributed by atoms with Gasteiger partial charge >= 0.3 is 0 Å². The van der Waals surface area contributed by atoms with Crippen LogP contribution in [-0.2, 0) is 4.79 Å². The monoisotopic (exact) mass is 302 g/mol. The van der Waals surface area contributed by atoms with Crippen LogP contribution in [0.4, 0.5) is 0 Å². The van der Waals surface area contributed by atoms with Gasteiger partial charge in [0.2, 0.25) is 0 Å². The Labute approximate surface area is 136 Å². The lowest BCUT2D eigenvalue weighted by Gasteiger charge is -2.65. The van der Waals surface area contributed by atoms with Crippen molar-refractivity contribution in [3.8, 4) is 0 Å². The van der Waals surface area contributed by atoms with Crippen molar-refractivity contribution in [2.45, 2.75) is 85.5 Å². The zero-order chi connectivity index (χ0) is 15.8.